The summed E-state index contributed by atoms with van der Waals surface area (Å²) in [6.45, 7) is 0.437. The van der Waals surface area contributed by atoms with Crippen LogP contribution in [0, 0.1) is 0 Å². The zero-order chi connectivity index (χ0) is 3.41. The van der Waals surface area contributed by atoms with Crippen LogP contribution < -0.4 is 0 Å². The van der Waals surface area contributed by atoms with Crippen molar-refractivity contribution >= 4 is 32.7 Å². The van der Waals surface area contributed by atoms with Crippen LogP contribution in [-0.4, -0.2) is 32.7 Å². The quantitative estimate of drug-likeness (QED) is 0.453. The summed E-state index contributed by atoms with van der Waals surface area (Å²) in [4.78, 5) is 8.99. The summed E-state index contributed by atoms with van der Waals surface area (Å²) in [5.74, 6) is 0. The molecule has 21 valence electrons. The van der Waals surface area contributed by atoms with E-state index in [1.165, 1.54) is 0 Å². The first-order valence-electron chi connectivity index (χ1n) is 0.676. The third-order valence-corrected chi connectivity index (χ3v) is 0.422. The van der Waals surface area contributed by atoms with Crippen LogP contribution in [0.2, 0.25) is 0 Å². The van der Waals surface area contributed by atoms with Gasteiger partial charge in [-0.15, -0.1) is 0 Å². The van der Waals surface area contributed by atoms with E-state index in [2.05, 4.69) is 2.69 Å². The third-order valence-electron chi connectivity index (χ3n) is 0.0481. The molecule has 0 aromatic heterocycles. The molecule has 0 amide bonds. The van der Waals surface area contributed by atoms with Crippen LogP contribution in [0.1, 0.15) is 0 Å². The molecule has 0 fully saturated rings. The van der Waals surface area contributed by atoms with Gasteiger partial charge in [0.25, 0.3) is 0 Å². The van der Waals surface area contributed by atoms with E-state index in [9.17, 15) is 0 Å². The Balaban J connectivity index is 2.30. The zero-order valence-electron chi connectivity index (χ0n) is 1.89. The number of hydrogen-bond acceptors (Lipinski definition) is 2. The van der Waals surface area contributed by atoms with Gasteiger partial charge in [0.1, 0.15) is 0 Å². The minimum atomic E-state index is 0.437. The fraction of sp³-hybridized carbons (Fsp3) is 0. The molecule has 0 spiro atoms. The van der Waals surface area contributed by atoms with Crippen molar-refractivity contribution in [3.63, 3.8) is 0 Å². The van der Waals surface area contributed by atoms with Gasteiger partial charge in [0.15, 0.2) is 0 Å². The Bertz CT molecular complexity index is 20.0. The van der Waals surface area contributed by atoms with Crippen molar-refractivity contribution in [1.29, 1.82) is 0 Å². The van der Waals surface area contributed by atoms with Crippen LogP contribution in [0.3, 0.4) is 0 Å². The fourth-order valence-electron chi connectivity index (χ4n) is 0. The van der Waals surface area contributed by atoms with Gasteiger partial charge in [-0.05, 0) is 0 Å². The first-order chi connectivity index (χ1) is 1.91. The van der Waals surface area contributed by atoms with Crippen LogP contribution in [0.15, 0.2) is 0 Å². The van der Waals surface area contributed by atoms with Crippen molar-refractivity contribution in [3.8, 4) is 0 Å². The predicted octanol–water partition coefficient (Wildman–Crippen LogP) is -0.757. The van der Waals surface area contributed by atoms with Gasteiger partial charge in [0.2, 0.25) is 0 Å². The standard InChI is InChI=1S/CH2O2.Pb/c2-1-3;/h1H,(H,2,3);/q;+1/p-1. The molecule has 0 bridgehead atoms. The molecule has 0 aromatic carbocycles. The second kappa shape index (κ2) is 3.39. The van der Waals surface area contributed by atoms with Crippen LogP contribution >= 0.6 is 0 Å². The first-order valence-corrected chi connectivity index (χ1v) is 2.26. The van der Waals surface area contributed by atoms with Crippen molar-refractivity contribution < 1.29 is 7.48 Å². The van der Waals surface area contributed by atoms with Gasteiger partial charge in [-0.2, -0.15) is 0 Å². The van der Waals surface area contributed by atoms with E-state index in [1.807, 2.05) is 0 Å². The average molecular weight is 252 g/mol. The van der Waals surface area contributed by atoms with Crippen molar-refractivity contribution in [2.75, 3.05) is 0 Å². The summed E-state index contributed by atoms with van der Waals surface area (Å²) in [6.07, 6.45) is 0. The molecule has 0 aliphatic rings. The number of rotatable bonds is 1. The van der Waals surface area contributed by atoms with Crippen molar-refractivity contribution in [2.45, 2.75) is 0 Å². The molecular weight excluding hydrogens is 251 g/mol. The summed E-state index contributed by atoms with van der Waals surface area (Å²) < 4.78 is 4.00. The predicted molar refractivity (Wildman–Crippen MR) is 12.9 cm³/mol. The summed E-state index contributed by atoms with van der Waals surface area (Å²) in [6, 6.07) is 0. The molecule has 0 saturated carbocycles. The van der Waals surface area contributed by atoms with E-state index in [-0.39, 0.29) is 0 Å². The minimum absolute atomic E-state index is 0.437. The van der Waals surface area contributed by atoms with E-state index in [0.29, 0.717) is 32.7 Å². The van der Waals surface area contributed by atoms with E-state index in [4.69, 9.17) is 4.79 Å². The van der Waals surface area contributed by atoms with Gasteiger partial charge in [-0.1, -0.05) is 0 Å². The average Bonchev–Trinajstić information content (AvgIpc) is 1.37. The Kier molecular flexibility index (Phi) is 3.72. The van der Waals surface area contributed by atoms with E-state index >= 15 is 0 Å². The second-order valence-electron chi connectivity index (χ2n) is 0.214. The Morgan fingerprint density at radius 2 is 2.25 bits per heavy atom. The molecule has 0 saturated heterocycles. The Morgan fingerprint density at radius 1 is 2.00 bits per heavy atom. The maximum atomic E-state index is 8.99. The maximum absolute atomic E-state index is 8.99. The normalized spacial score (nSPS) is 5.25. The second-order valence-corrected chi connectivity index (χ2v) is 1.13. The Labute approximate surface area is 40.5 Å². The SMILES string of the molecule is O=C[O][Pb]. The summed E-state index contributed by atoms with van der Waals surface area (Å²) in [5.41, 5.74) is 0. The summed E-state index contributed by atoms with van der Waals surface area (Å²) in [5, 5.41) is 0. The Hall–Kier alpha value is 0.392. The van der Waals surface area contributed by atoms with Crippen LogP contribution in [0.5, 0.6) is 0 Å². The van der Waals surface area contributed by atoms with E-state index in [1.54, 1.807) is 0 Å². The van der Waals surface area contributed by atoms with E-state index < -0.39 is 0 Å². The molecule has 3 radical (unpaired) electrons. The molecule has 0 aromatic rings. The molecular formula is CHO2Pb. The van der Waals surface area contributed by atoms with Gasteiger partial charge in [-0.25, -0.2) is 0 Å². The molecule has 0 N–H and O–H groups in total. The number of carbonyl (C=O) groups is 1. The molecule has 4 heavy (non-hydrogen) atoms. The van der Waals surface area contributed by atoms with Gasteiger partial charge in [0.05, 0.1) is 0 Å². The third kappa shape index (κ3) is 2.39. The molecule has 3 heteroatoms. The van der Waals surface area contributed by atoms with Gasteiger partial charge in [0, 0.05) is 0 Å². The molecule has 0 aliphatic carbocycles. The van der Waals surface area contributed by atoms with Crippen molar-refractivity contribution in [2.24, 2.45) is 0 Å². The molecule has 0 unspecified atom stereocenters. The molecule has 0 atom stereocenters. The van der Waals surface area contributed by atoms with Crippen LogP contribution in [-0.2, 0) is 7.48 Å². The molecule has 0 rings (SSSR count). The monoisotopic (exact) mass is 253 g/mol. The van der Waals surface area contributed by atoms with Gasteiger partial charge in [-0.3, -0.25) is 0 Å². The molecule has 2 nitrogen and oxygen atoms in total. The molecule has 0 aliphatic heterocycles. The summed E-state index contributed by atoms with van der Waals surface area (Å²) >= 11 is 0.522. The summed E-state index contributed by atoms with van der Waals surface area (Å²) in [7, 11) is 0. The van der Waals surface area contributed by atoms with E-state index in [0.717, 1.165) is 0 Å². The van der Waals surface area contributed by atoms with Crippen LogP contribution in [0.25, 0.3) is 0 Å². The Morgan fingerprint density at radius 3 is 2.25 bits per heavy atom. The number of hydrogen-bond donors (Lipinski definition) is 0. The topological polar surface area (TPSA) is 26.3 Å². The first kappa shape index (κ1) is 4.39. The number of carbonyl (C=O) groups excluding carboxylic acids is 1. The zero-order valence-corrected chi connectivity index (χ0v) is 5.78. The van der Waals surface area contributed by atoms with Crippen molar-refractivity contribution in [1.82, 2.24) is 0 Å². The molecule has 0 heterocycles. The van der Waals surface area contributed by atoms with Crippen LogP contribution in [0.4, 0.5) is 0 Å². The fourth-order valence-corrected chi connectivity index (χ4v) is 0. The van der Waals surface area contributed by atoms with Crippen molar-refractivity contribution in [3.05, 3.63) is 0 Å². The van der Waals surface area contributed by atoms with Gasteiger partial charge < -0.3 is 0 Å². The van der Waals surface area contributed by atoms with Gasteiger partial charge >= 0.3 is 40.2 Å².